The van der Waals surface area contributed by atoms with E-state index in [4.69, 9.17) is 10.5 Å². The van der Waals surface area contributed by atoms with Crippen molar-refractivity contribution in [1.82, 2.24) is 5.32 Å². The Morgan fingerprint density at radius 2 is 1.84 bits per heavy atom. The van der Waals surface area contributed by atoms with Crippen LogP contribution in [-0.2, 0) is 10.3 Å². The summed E-state index contributed by atoms with van der Waals surface area (Å²) in [6, 6.07) is 17.4. The summed E-state index contributed by atoms with van der Waals surface area (Å²) >= 11 is 1.73. The normalized spacial score (nSPS) is 14.4. The molecule has 0 aliphatic rings. The highest BCUT2D eigenvalue weighted by atomic mass is 32.2. The number of carbonyl (C=O) groups excluding carboxylic acids is 1. The van der Waals surface area contributed by atoms with Gasteiger partial charge in [-0.2, -0.15) is 0 Å². The number of benzene rings is 2. The lowest BCUT2D eigenvalue weighted by Crippen LogP contribution is -2.50. The Kier molecular flexibility index (Phi) is 6.91. The van der Waals surface area contributed by atoms with Gasteiger partial charge in [0, 0.05) is 17.2 Å². The van der Waals surface area contributed by atoms with Crippen LogP contribution in [0.1, 0.15) is 19.4 Å². The van der Waals surface area contributed by atoms with Crippen LogP contribution in [0.5, 0.6) is 5.75 Å². The van der Waals surface area contributed by atoms with Crippen molar-refractivity contribution in [3.05, 3.63) is 60.2 Å². The summed E-state index contributed by atoms with van der Waals surface area (Å²) in [4.78, 5) is 13.6. The van der Waals surface area contributed by atoms with Gasteiger partial charge in [0.05, 0.1) is 7.11 Å². The quantitative estimate of drug-likeness (QED) is 0.710. The number of rotatable bonds is 8. The number of hydrogen-bond acceptors (Lipinski definition) is 4. The fourth-order valence-electron chi connectivity index (χ4n) is 2.40. The molecular formula is C20H26N2O2S. The zero-order chi connectivity index (χ0) is 18.3. The van der Waals surface area contributed by atoms with Gasteiger partial charge < -0.3 is 15.8 Å². The zero-order valence-corrected chi connectivity index (χ0v) is 15.8. The molecule has 0 heterocycles. The van der Waals surface area contributed by atoms with Gasteiger partial charge in [-0.1, -0.05) is 49.4 Å². The van der Waals surface area contributed by atoms with E-state index in [0.717, 1.165) is 22.0 Å². The van der Waals surface area contributed by atoms with E-state index in [-0.39, 0.29) is 5.91 Å². The van der Waals surface area contributed by atoms with Crippen LogP contribution < -0.4 is 15.8 Å². The molecule has 2 atom stereocenters. The molecule has 0 aliphatic carbocycles. The van der Waals surface area contributed by atoms with Crippen molar-refractivity contribution in [2.24, 2.45) is 11.7 Å². The number of thioether (sulfide) groups is 1. The first-order chi connectivity index (χ1) is 11.9. The molecule has 25 heavy (non-hydrogen) atoms. The molecule has 0 fully saturated rings. The molecule has 134 valence electrons. The average molecular weight is 359 g/mol. The Labute approximate surface area is 154 Å². The number of nitrogens with two attached hydrogens (primary N) is 1. The number of amides is 1. The van der Waals surface area contributed by atoms with Gasteiger partial charge in [-0.3, -0.25) is 4.79 Å². The Morgan fingerprint density at radius 3 is 2.52 bits per heavy atom. The van der Waals surface area contributed by atoms with Crippen molar-refractivity contribution in [1.29, 1.82) is 0 Å². The lowest BCUT2D eigenvalue weighted by molar-refractivity contribution is -0.126. The highest BCUT2D eigenvalue weighted by Gasteiger charge is 2.30. The van der Waals surface area contributed by atoms with Crippen molar-refractivity contribution in [3.8, 4) is 5.75 Å². The van der Waals surface area contributed by atoms with Crippen LogP contribution in [0, 0.1) is 5.92 Å². The maximum absolute atomic E-state index is 12.5. The topological polar surface area (TPSA) is 64.3 Å². The monoisotopic (exact) mass is 358 g/mol. The van der Waals surface area contributed by atoms with E-state index in [1.54, 1.807) is 25.8 Å². The molecular weight excluding hydrogens is 332 g/mol. The first kappa shape index (κ1) is 19.3. The molecule has 4 nitrogen and oxygen atoms in total. The summed E-state index contributed by atoms with van der Waals surface area (Å²) in [5, 5.41) is 2.98. The van der Waals surface area contributed by atoms with E-state index in [9.17, 15) is 4.79 Å². The van der Waals surface area contributed by atoms with E-state index in [0.29, 0.717) is 12.5 Å². The van der Waals surface area contributed by atoms with Crippen molar-refractivity contribution in [3.63, 3.8) is 0 Å². The highest BCUT2D eigenvalue weighted by Crippen LogP contribution is 2.29. The van der Waals surface area contributed by atoms with Crippen LogP contribution in [0.2, 0.25) is 0 Å². The molecule has 0 spiro atoms. The van der Waals surface area contributed by atoms with E-state index in [2.05, 4.69) is 12.2 Å². The summed E-state index contributed by atoms with van der Waals surface area (Å²) in [6.07, 6.45) is 0. The van der Waals surface area contributed by atoms with Gasteiger partial charge in [0.2, 0.25) is 5.91 Å². The molecule has 0 saturated heterocycles. The molecule has 0 aromatic heterocycles. The Bertz CT molecular complexity index is 689. The third-order valence-electron chi connectivity index (χ3n) is 4.05. The van der Waals surface area contributed by atoms with E-state index in [1.807, 2.05) is 54.6 Å². The van der Waals surface area contributed by atoms with Gasteiger partial charge in [0.25, 0.3) is 0 Å². The van der Waals surface area contributed by atoms with Crippen molar-refractivity contribution >= 4 is 17.7 Å². The average Bonchev–Trinajstić information content (AvgIpc) is 2.65. The molecule has 0 aliphatic heterocycles. The smallest absolute Gasteiger partial charge is 0.244 e. The summed E-state index contributed by atoms with van der Waals surface area (Å²) in [5.74, 6) is 1.91. The molecule has 0 bridgehead atoms. The number of methoxy groups -OCH3 is 1. The first-order valence-corrected chi connectivity index (χ1v) is 9.32. The number of nitrogens with one attached hydrogen (secondary N) is 1. The molecule has 5 heteroatoms. The van der Waals surface area contributed by atoms with Gasteiger partial charge in [0.15, 0.2) is 0 Å². The van der Waals surface area contributed by atoms with Crippen LogP contribution in [0.3, 0.4) is 0 Å². The molecule has 2 aromatic carbocycles. The fraction of sp³-hybridized carbons (Fsp3) is 0.350. The second-order valence-electron chi connectivity index (χ2n) is 6.35. The third-order valence-corrected chi connectivity index (χ3v) is 5.43. The number of hydrogen-bond donors (Lipinski definition) is 2. The summed E-state index contributed by atoms with van der Waals surface area (Å²) in [7, 11) is 1.68. The second kappa shape index (κ2) is 8.92. The minimum absolute atomic E-state index is 0.159. The van der Waals surface area contributed by atoms with Crippen LogP contribution in [0.4, 0.5) is 0 Å². The first-order valence-electron chi connectivity index (χ1n) is 8.33. The van der Waals surface area contributed by atoms with E-state index < -0.39 is 5.54 Å². The van der Waals surface area contributed by atoms with Crippen molar-refractivity contribution in [2.45, 2.75) is 24.3 Å². The SMILES string of the molecule is COc1ccccc1SCC(C)CNC(=O)C(C)(N)c1ccccc1. The largest absolute Gasteiger partial charge is 0.496 e. The Hall–Kier alpha value is -1.98. The number of carbonyl (C=O) groups is 1. The molecule has 2 unspecified atom stereocenters. The predicted octanol–water partition coefficient (Wildman–Crippen LogP) is 3.41. The predicted molar refractivity (Wildman–Crippen MR) is 104 cm³/mol. The van der Waals surface area contributed by atoms with Crippen LogP contribution >= 0.6 is 11.8 Å². The number of para-hydroxylation sites is 1. The van der Waals surface area contributed by atoms with E-state index >= 15 is 0 Å². The van der Waals surface area contributed by atoms with Crippen molar-refractivity contribution in [2.75, 3.05) is 19.4 Å². The van der Waals surface area contributed by atoms with Crippen LogP contribution in [-0.4, -0.2) is 25.3 Å². The van der Waals surface area contributed by atoms with Gasteiger partial charge in [-0.05, 0) is 30.5 Å². The fourth-order valence-corrected chi connectivity index (χ4v) is 3.45. The Balaban J connectivity index is 1.85. The molecule has 3 N–H and O–H groups in total. The minimum atomic E-state index is -1.03. The van der Waals surface area contributed by atoms with Gasteiger partial charge in [0.1, 0.15) is 11.3 Å². The molecule has 1 amide bonds. The lowest BCUT2D eigenvalue weighted by Gasteiger charge is -2.25. The van der Waals surface area contributed by atoms with Crippen LogP contribution in [0.25, 0.3) is 0 Å². The van der Waals surface area contributed by atoms with E-state index in [1.165, 1.54) is 0 Å². The molecule has 2 aromatic rings. The van der Waals surface area contributed by atoms with Gasteiger partial charge >= 0.3 is 0 Å². The highest BCUT2D eigenvalue weighted by molar-refractivity contribution is 7.99. The standard InChI is InChI=1S/C20H26N2O2S/c1-15(14-25-18-12-8-7-11-17(18)24-3)13-22-19(23)20(2,21)16-9-5-4-6-10-16/h4-12,15H,13-14,21H2,1-3H3,(H,22,23). The van der Waals surface area contributed by atoms with Crippen LogP contribution in [0.15, 0.2) is 59.5 Å². The summed E-state index contributed by atoms with van der Waals surface area (Å²) < 4.78 is 5.36. The zero-order valence-electron chi connectivity index (χ0n) is 15.0. The molecule has 0 saturated carbocycles. The molecule has 2 rings (SSSR count). The maximum Gasteiger partial charge on any atom is 0.244 e. The maximum atomic E-state index is 12.5. The lowest BCUT2D eigenvalue weighted by atomic mass is 9.92. The second-order valence-corrected chi connectivity index (χ2v) is 7.41. The minimum Gasteiger partial charge on any atom is -0.496 e. The summed E-state index contributed by atoms with van der Waals surface area (Å²) in [6.45, 7) is 4.44. The third kappa shape index (κ3) is 5.25. The Morgan fingerprint density at radius 1 is 1.20 bits per heavy atom. The molecule has 0 radical (unpaired) electrons. The number of ether oxygens (including phenoxy) is 1. The van der Waals surface area contributed by atoms with Crippen molar-refractivity contribution < 1.29 is 9.53 Å². The summed E-state index contributed by atoms with van der Waals surface area (Å²) in [5.41, 5.74) is 6.01. The van der Waals surface area contributed by atoms with Gasteiger partial charge in [-0.25, -0.2) is 0 Å². The van der Waals surface area contributed by atoms with Gasteiger partial charge in [-0.15, -0.1) is 11.8 Å².